The maximum Gasteiger partial charge on any atom is 0.347 e. The highest BCUT2D eigenvalue weighted by Crippen LogP contribution is 2.30. The Bertz CT molecular complexity index is 1060. The third-order valence-electron chi connectivity index (χ3n) is 6.93. The van der Waals surface area contributed by atoms with Crippen LogP contribution in [0.2, 0.25) is 0 Å². The number of anilines is 1. The first kappa shape index (κ1) is 26.7. The summed E-state index contributed by atoms with van der Waals surface area (Å²) in [5.74, 6) is 0.199. The minimum absolute atomic E-state index is 0.00457. The van der Waals surface area contributed by atoms with Crippen molar-refractivity contribution in [1.82, 2.24) is 4.90 Å². The van der Waals surface area contributed by atoms with Crippen molar-refractivity contribution in [1.29, 1.82) is 0 Å². The molecular weight excluding hydrogens is 440 g/mol. The van der Waals surface area contributed by atoms with E-state index in [-0.39, 0.29) is 5.91 Å². The Labute approximate surface area is 209 Å². The lowest BCUT2D eigenvalue weighted by atomic mass is 9.86. The Morgan fingerprint density at radius 2 is 1.83 bits per heavy atom. The Morgan fingerprint density at radius 1 is 1.09 bits per heavy atom. The van der Waals surface area contributed by atoms with Crippen molar-refractivity contribution >= 4 is 17.6 Å². The van der Waals surface area contributed by atoms with Gasteiger partial charge in [0.15, 0.2) is 5.60 Å². The van der Waals surface area contributed by atoms with E-state index in [1.807, 2.05) is 51.1 Å². The Balaban J connectivity index is 1.76. The lowest BCUT2D eigenvalue weighted by Crippen LogP contribution is -2.42. The van der Waals surface area contributed by atoms with Crippen molar-refractivity contribution < 1.29 is 19.4 Å². The number of benzene rings is 2. The van der Waals surface area contributed by atoms with Gasteiger partial charge in [-0.25, -0.2) is 4.79 Å². The molecule has 1 amide bonds. The second kappa shape index (κ2) is 11.3. The third-order valence-corrected chi connectivity index (χ3v) is 6.93. The number of nitrogens with zero attached hydrogens (tertiary/aromatic N) is 1. The van der Waals surface area contributed by atoms with Crippen molar-refractivity contribution in [2.75, 3.05) is 11.9 Å². The van der Waals surface area contributed by atoms with Crippen molar-refractivity contribution in [3.8, 4) is 5.75 Å². The van der Waals surface area contributed by atoms with Crippen molar-refractivity contribution in [2.24, 2.45) is 5.92 Å². The molecule has 6 nitrogen and oxygen atoms in total. The third kappa shape index (κ3) is 7.31. The molecule has 2 unspecified atom stereocenters. The second-order valence-corrected chi connectivity index (χ2v) is 10.7. The number of carbonyl (C=O) groups is 2. The molecule has 1 aliphatic carbocycles. The van der Waals surface area contributed by atoms with E-state index in [4.69, 9.17) is 4.74 Å². The van der Waals surface area contributed by atoms with Crippen LogP contribution in [-0.4, -0.2) is 40.1 Å². The van der Waals surface area contributed by atoms with E-state index in [0.29, 0.717) is 30.8 Å². The molecule has 190 valence electrons. The Morgan fingerprint density at radius 3 is 2.46 bits per heavy atom. The molecule has 0 heterocycles. The van der Waals surface area contributed by atoms with Gasteiger partial charge in [-0.1, -0.05) is 49.6 Å². The molecule has 3 rings (SSSR count). The van der Waals surface area contributed by atoms with E-state index in [2.05, 4.69) is 23.2 Å². The average molecular weight is 481 g/mol. The molecule has 2 atom stereocenters. The molecule has 35 heavy (non-hydrogen) atoms. The molecule has 0 saturated heterocycles. The van der Waals surface area contributed by atoms with Crippen LogP contribution in [0.4, 0.5) is 5.69 Å². The fourth-order valence-corrected chi connectivity index (χ4v) is 4.85. The number of rotatable bonds is 9. The molecule has 1 aliphatic rings. The van der Waals surface area contributed by atoms with Gasteiger partial charge in [0.2, 0.25) is 5.91 Å². The van der Waals surface area contributed by atoms with E-state index in [1.54, 1.807) is 13.8 Å². The summed E-state index contributed by atoms with van der Waals surface area (Å²) in [6.07, 6.45) is 4.60. The molecule has 1 saturated carbocycles. The van der Waals surface area contributed by atoms with Crippen LogP contribution >= 0.6 is 0 Å². The highest BCUT2D eigenvalue weighted by atomic mass is 16.5. The predicted molar refractivity (Wildman–Crippen MR) is 140 cm³/mol. The zero-order valence-corrected chi connectivity index (χ0v) is 22.0. The van der Waals surface area contributed by atoms with Gasteiger partial charge in [-0.05, 0) is 82.2 Å². The summed E-state index contributed by atoms with van der Waals surface area (Å²) in [6.45, 7) is 12.4. The summed E-state index contributed by atoms with van der Waals surface area (Å²) in [7, 11) is 0. The SMILES string of the molecule is Cc1ccc(NC(=O)CN(Cc2ccc(OC(C)(C)C(=O)O)c(C)c2)C2CCCC(C)C2)c(C)c1. The maximum atomic E-state index is 13.1. The molecule has 1 fully saturated rings. The zero-order valence-electron chi connectivity index (χ0n) is 22.0. The van der Waals surface area contributed by atoms with E-state index in [0.717, 1.165) is 35.2 Å². The number of carbonyl (C=O) groups excluding carboxylic acids is 1. The lowest BCUT2D eigenvalue weighted by Gasteiger charge is -2.36. The number of hydrogen-bond donors (Lipinski definition) is 2. The standard InChI is InChI=1S/C29H40N2O4/c1-19-8-7-9-24(15-19)31(18-27(32)30-25-12-10-20(2)14-21(25)3)17-23-11-13-26(22(4)16-23)35-29(5,6)28(33)34/h10-14,16,19,24H,7-9,15,17-18H2,1-6H3,(H,30,32)(H,33,34). The average Bonchev–Trinajstić information content (AvgIpc) is 2.77. The van der Waals surface area contributed by atoms with Crippen LogP contribution in [0, 0.1) is 26.7 Å². The summed E-state index contributed by atoms with van der Waals surface area (Å²) in [5.41, 5.74) is 3.76. The summed E-state index contributed by atoms with van der Waals surface area (Å²) < 4.78 is 5.76. The molecule has 0 bridgehead atoms. The number of nitrogens with one attached hydrogen (secondary N) is 1. The van der Waals surface area contributed by atoms with E-state index >= 15 is 0 Å². The molecule has 2 aromatic rings. The number of carboxylic acids is 1. The van der Waals surface area contributed by atoms with E-state index in [9.17, 15) is 14.7 Å². The van der Waals surface area contributed by atoms with Crippen LogP contribution in [0.25, 0.3) is 0 Å². The van der Waals surface area contributed by atoms with Crippen molar-refractivity contribution in [3.05, 3.63) is 58.7 Å². The number of aryl methyl sites for hydroxylation is 3. The summed E-state index contributed by atoms with van der Waals surface area (Å²) in [6, 6.07) is 12.3. The Kier molecular flexibility index (Phi) is 8.60. The van der Waals surface area contributed by atoms with Crippen LogP contribution in [0.3, 0.4) is 0 Å². The molecule has 0 radical (unpaired) electrons. The normalized spacial score (nSPS) is 18.4. The van der Waals surface area contributed by atoms with E-state index in [1.165, 1.54) is 18.4 Å². The van der Waals surface area contributed by atoms with Crippen molar-refractivity contribution in [2.45, 2.75) is 85.4 Å². The van der Waals surface area contributed by atoms with Gasteiger partial charge in [-0.2, -0.15) is 0 Å². The number of carboxylic acid groups (broad SMARTS) is 1. The van der Waals surface area contributed by atoms with Crippen LogP contribution in [0.1, 0.15) is 68.7 Å². The maximum absolute atomic E-state index is 13.1. The van der Waals surface area contributed by atoms with Gasteiger partial charge in [0.25, 0.3) is 0 Å². The molecule has 2 aromatic carbocycles. The Hall–Kier alpha value is -2.86. The monoisotopic (exact) mass is 480 g/mol. The number of aliphatic carboxylic acids is 1. The van der Waals surface area contributed by atoms with Gasteiger partial charge in [-0.3, -0.25) is 9.69 Å². The minimum Gasteiger partial charge on any atom is -0.478 e. The lowest BCUT2D eigenvalue weighted by molar-refractivity contribution is -0.152. The zero-order chi connectivity index (χ0) is 25.8. The molecule has 6 heteroatoms. The van der Waals surface area contributed by atoms with E-state index < -0.39 is 11.6 Å². The highest BCUT2D eigenvalue weighted by Gasteiger charge is 2.30. The molecular formula is C29H40N2O4. The molecule has 0 aliphatic heterocycles. The van der Waals surface area contributed by atoms with Crippen LogP contribution in [-0.2, 0) is 16.1 Å². The fourth-order valence-electron chi connectivity index (χ4n) is 4.85. The molecule has 0 aromatic heterocycles. The number of hydrogen-bond acceptors (Lipinski definition) is 4. The summed E-state index contributed by atoms with van der Waals surface area (Å²) in [5, 5.41) is 12.5. The van der Waals surface area contributed by atoms with Gasteiger partial charge in [0, 0.05) is 18.3 Å². The quantitative estimate of drug-likeness (QED) is 0.469. The first-order chi connectivity index (χ1) is 16.4. The summed E-state index contributed by atoms with van der Waals surface area (Å²) >= 11 is 0. The first-order valence-corrected chi connectivity index (χ1v) is 12.6. The molecule has 0 spiro atoms. The smallest absolute Gasteiger partial charge is 0.347 e. The van der Waals surface area contributed by atoms with Crippen LogP contribution in [0.15, 0.2) is 36.4 Å². The van der Waals surface area contributed by atoms with Crippen LogP contribution < -0.4 is 10.1 Å². The minimum atomic E-state index is -1.30. The van der Waals surface area contributed by atoms with Gasteiger partial charge in [0.05, 0.1) is 6.54 Å². The topological polar surface area (TPSA) is 78.9 Å². The second-order valence-electron chi connectivity index (χ2n) is 10.7. The van der Waals surface area contributed by atoms with Crippen molar-refractivity contribution in [3.63, 3.8) is 0 Å². The number of ether oxygens (including phenoxy) is 1. The van der Waals surface area contributed by atoms with Gasteiger partial charge < -0.3 is 15.2 Å². The van der Waals surface area contributed by atoms with Gasteiger partial charge in [-0.15, -0.1) is 0 Å². The highest BCUT2D eigenvalue weighted by molar-refractivity contribution is 5.93. The van der Waals surface area contributed by atoms with Gasteiger partial charge in [0.1, 0.15) is 5.75 Å². The van der Waals surface area contributed by atoms with Gasteiger partial charge >= 0.3 is 5.97 Å². The van der Waals surface area contributed by atoms with Crippen LogP contribution in [0.5, 0.6) is 5.75 Å². The molecule has 2 N–H and O–H groups in total. The summed E-state index contributed by atoms with van der Waals surface area (Å²) in [4.78, 5) is 26.8. The first-order valence-electron chi connectivity index (χ1n) is 12.6. The fraction of sp³-hybridized carbons (Fsp3) is 0.517. The number of amides is 1. The largest absolute Gasteiger partial charge is 0.478 e. The predicted octanol–water partition coefficient (Wildman–Crippen LogP) is 5.87.